The quantitative estimate of drug-likeness (QED) is 0.139. The minimum Gasteiger partial charge on any atom is -0.309 e. The third-order valence-electron chi connectivity index (χ3n) is 16.3. The molecular formula is C77H36F3N11. The molecule has 2 heterocycles. The predicted octanol–water partition coefficient (Wildman–Crippen LogP) is 20.8. The van der Waals surface area contributed by atoms with Gasteiger partial charge in [0.1, 0.15) is 0 Å². The van der Waals surface area contributed by atoms with Gasteiger partial charge in [-0.3, -0.25) is 0 Å². The molecule has 11 aromatic carbocycles. The number of alkyl halides is 3. The molecule has 0 aliphatic rings. The lowest BCUT2D eigenvalue weighted by atomic mass is 9.93. The van der Waals surface area contributed by atoms with E-state index in [0.29, 0.717) is 134 Å². The van der Waals surface area contributed by atoms with Gasteiger partial charge in [0.15, 0.2) is 22.7 Å². The Morgan fingerprint density at radius 2 is 0.659 bits per heavy atom. The monoisotopic (exact) mass is 1170 g/mol. The van der Waals surface area contributed by atoms with Gasteiger partial charge in [0.25, 0.3) is 0 Å². The van der Waals surface area contributed by atoms with Crippen LogP contribution >= 0.6 is 0 Å². The molecule has 0 bridgehead atoms. The normalized spacial score (nSPS) is 11.0. The summed E-state index contributed by atoms with van der Waals surface area (Å²) in [5.74, 6) is 0. The van der Waals surface area contributed by atoms with Gasteiger partial charge < -0.3 is 9.13 Å². The van der Waals surface area contributed by atoms with Crippen molar-refractivity contribution in [2.45, 2.75) is 13.1 Å². The highest BCUT2D eigenvalue weighted by molar-refractivity contribution is 6.14. The third kappa shape index (κ3) is 9.97. The first kappa shape index (κ1) is 56.4. The summed E-state index contributed by atoms with van der Waals surface area (Å²) in [4.78, 5) is 14.6. The second kappa shape index (κ2) is 22.3. The fraction of sp³-hybridized carbons (Fsp3) is 0.0260. The molecule has 0 saturated heterocycles. The summed E-state index contributed by atoms with van der Waals surface area (Å²) in [6, 6.07) is 68.9. The van der Waals surface area contributed by atoms with E-state index >= 15 is 0 Å². The smallest absolute Gasteiger partial charge is 0.309 e. The molecule has 0 atom stereocenters. The van der Waals surface area contributed by atoms with E-state index in [0.717, 1.165) is 33.7 Å². The Morgan fingerprint density at radius 1 is 0.319 bits per heavy atom. The van der Waals surface area contributed by atoms with Crippen molar-refractivity contribution in [3.05, 3.63) is 285 Å². The van der Waals surface area contributed by atoms with Crippen LogP contribution in [0.15, 0.2) is 200 Å². The Kier molecular flexibility index (Phi) is 13.8. The van der Waals surface area contributed by atoms with Crippen LogP contribution in [0.5, 0.6) is 0 Å². The number of nitrogens with zero attached hydrogens (tertiary/aromatic N) is 11. The minimum absolute atomic E-state index is 0.275. The number of hydrogen-bond donors (Lipinski definition) is 0. The van der Waals surface area contributed by atoms with Crippen LogP contribution in [-0.2, 0) is 6.18 Å². The van der Waals surface area contributed by atoms with E-state index < -0.39 is 11.7 Å². The minimum atomic E-state index is -4.60. The van der Waals surface area contributed by atoms with Crippen molar-refractivity contribution in [3.8, 4) is 108 Å². The summed E-state index contributed by atoms with van der Waals surface area (Å²) >= 11 is 0. The Labute approximate surface area is 518 Å². The molecule has 13 aromatic rings. The first-order valence-corrected chi connectivity index (χ1v) is 27.9. The van der Waals surface area contributed by atoms with Gasteiger partial charge in [0.05, 0.1) is 112 Å². The molecule has 0 amide bonds. The van der Waals surface area contributed by atoms with Crippen molar-refractivity contribution in [3.63, 3.8) is 0 Å². The summed E-state index contributed by atoms with van der Waals surface area (Å²) in [6.07, 6.45) is -4.60. The van der Waals surface area contributed by atoms with Crippen LogP contribution in [0.2, 0.25) is 0 Å². The zero-order valence-electron chi connectivity index (χ0n) is 47.6. The van der Waals surface area contributed by atoms with Crippen LogP contribution in [0.3, 0.4) is 0 Å². The van der Waals surface area contributed by atoms with Crippen LogP contribution in [0.25, 0.3) is 141 Å². The topological polar surface area (TPSA) is 146 Å². The molecule has 2 aromatic heterocycles. The second-order valence-electron chi connectivity index (χ2n) is 21.7. The van der Waals surface area contributed by atoms with Crippen LogP contribution < -0.4 is 0 Å². The molecule has 0 fully saturated rings. The predicted molar refractivity (Wildman–Crippen MR) is 346 cm³/mol. The fourth-order valence-electron chi connectivity index (χ4n) is 12.2. The van der Waals surface area contributed by atoms with Gasteiger partial charge in [-0.25, -0.2) is 19.4 Å². The van der Waals surface area contributed by atoms with Gasteiger partial charge in [0.2, 0.25) is 0 Å². The summed E-state index contributed by atoms with van der Waals surface area (Å²) < 4.78 is 47.1. The molecule has 11 nitrogen and oxygen atoms in total. The zero-order chi connectivity index (χ0) is 63.4. The highest BCUT2D eigenvalue weighted by Gasteiger charge is 2.31. The average Bonchev–Trinajstić information content (AvgIpc) is 1.60. The molecule has 0 N–H and O–H groups in total. The maximum absolute atomic E-state index is 14.3. The molecule has 420 valence electrons. The number of benzene rings is 11. The van der Waals surface area contributed by atoms with Crippen molar-refractivity contribution in [1.29, 1.82) is 26.3 Å². The lowest BCUT2D eigenvalue weighted by molar-refractivity contribution is -0.137. The summed E-state index contributed by atoms with van der Waals surface area (Å²) in [5.41, 5.74) is 13.8. The number of halogens is 3. The summed E-state index contributed by atoms with van der Waals surface area (Å²) in [5, 5.41) is 53.9. The van der Waals surface area contributed by atoms with Crippen molar-refractivity contribution in [1.82, 2.24) is 9.13 Å². The number of nitriles is 5. The standard InChI is InChI=1S/C77H36F3N11/c1-44-20-59(77(78,79)80)12-15-64(44)54-7-14-66(76(37-54)91-73-18-10-52(57-25-49(43-85)27-61(30-57)87-3)35-69(73)70-36-53(11-19-74(70)91)58-31-62(88-4)38-63(32-58)89-5)65-13-6-45(39-81)28-75(65)90-71-16-8-50(55-22-46(40-82)21-47(23-55)41-83)33-67(71)68-34-51(9-17-72(68)90)56-24-48(42-84)26-60(29-56)86-2/h6-38H,1H3. The van der Waals surface area contributed by atoms with Crippen LogP contribution in [-0.4, -0.2) is 9.13 Å². The number of rotatable bonds is 8. The molecule has 0 unspecified atom stereocenters. The maximum atomic E-state index is 14.3. The average molecular weight is 1170 g/mol. The molecule has 0 saturated carbocycles. The van der Waals surface area contributed by atoms with E-state index in [1.165, 1.54) is 30.3 Å². The Balaban J connectivity index is 1.13. The molecule has 14 heteroatoms. The van der Waals surface area contributed by atoms with E-state index in [1.54, 1.807) is 67.6 Å². The van der Waals surface area contributed by atoms with Crippen molar-refractivity contribution in [2.24, 2.45) is 0 Å². The summed E-state index contributed by atoms with van der Waals surface area (Å²) in [7, 11) is 0. The summed E-state index contributed by atoms with van der Waals surface area (Å²) in [6.45, 7) is 33.1. The largest absolute Gasteiger partial charge is 0.416 e. The van der Waals surface area contributed by atoms with Gasteiger partial charge in [-0.15, -0.1) is 0 Å². The number of hydrogen-bond acceptors (Lipinski definition) is 5. The maximum Gasteiger partial charge on any atom is 0.416 e. The number of aromatic nitrogens is 2. The van der Waals surface area contributed by atoms with Gasteiger partial charge in [0, 0.05) is 43.8 Å². The van der Waals surface area contributed by atoms with Crippen LogP contribution in [0.1, 0.15) is 38.9 Å². The molecular weight excluding hydrogens is 1140 g/mol. The van der Waals surface area contributed by atoms with E-state index in [9.17, 15) is 39.5 Å². The number of aryl methyl sites for hydroxylation is 1. The SMILES string of the molecule is [C-]#[N+]c1cc(C#N)cc(-c2ccc3c(c2)c2cc(-c4cc(C#N)cc(C#N)c4)ccc2n3-c2cc(C#N)ccc2-c2ccc(-c3ccc(C(F)(F)F)cc3C)cc2-n2c3ccc(-c4cc(C#N)cc([N+]#[C-])c4)cc3c3cc(-c4cc([N+]#[C-])cc([N+]#[C-])c4)ccc32)c1. The van der Waals surface area contributed by atoms with Crippen molar-refractivity contribution >= 4 is 66.4 Å². The van der Waals surface area contributed by atoms with E-state index in [-0.39, 0.29) is 22.7 Å². The molecule has 0 radical (unpaired) electrons. The highest BCUT2D eigenvalue weighted by Crippen LogP contribution is 2.47. The first-order chi connectivity index (χ1) is 44.1. The Morgan fingerprint density at radius 3 is 1.04 bits per heavy atom. The lowest BCUT2D eigenvalue weighted by Gasteiger charge is -2.21. The zero-order valence-corrected chi connectivity index (χ0v) is 47.6. The van der Waals surface area contributed by atoms with Gasteiger partial charge in [-0.2, -0.15) is 39.5 Å². The van der Waals surface area contributed by atoms with E-state index in [1.807, 2.05) is 97.1 Å². The molecule has 91 heavy (non-hydrogen) atoms. The second-order valence-corrected chi connectivity index (χ2v) is 21.7. The Hall–Kier alpha value is -13.8. The van der Waals surface area contributed by atoms with E-state index in [4.69, 9.17) is 26.3 Å². The molecule has 13 rings (SSSR count). The lowest BCUT2D eigenvalue weighted by Crippen LogP contribution is -2.05. The van der Waals surface area contributed by atoms with Crippen LogP contribution in [0, 0.1) is 89.9 Å². The molecule has 0 aliphatic heterocycles. The van der Waals surface area contributed by atoms with Crippen LogP contribution in [0.4, 0.5) is 35.9 Å². The van der Waals surface area contributed by atoms with Gasteiger partial charge in [-0.1, -0.05) is 66.7 Å². The fourth-order valence-corrected chi connectivity index (χ4v) is 12.2. The molecule has 0 spiro atoms. The molecule has 0 aliphatic carbocycles. The van der Waals surface area contributed by atoms with Gasteiger partial charge in [-0.05, 0) is 202 Å². The van der Waals surface area contributed by atoms with E-state index in [2.05, 4.69) is 58.9 Å². The number of fused-ring (bicyclic) bond motifs is 6. The Bertz CT molecular complexity index is 5400. The third-order valence-corrected chi connectivity index (χ3v) is 16.3. The first-order valence-electron chi connectivity index (χ1n) is 27.9. The highest BCUT2D eigenvalue weighted by atomic mass is 19.4. The van der Waals surface area contributed by atoms with Gasteiger partial charge >= 0.3 is 6.18 Å². The van der Waals surface area contributed by atoms with Crippen molar-refractivity contribution < 1.29 is 13.2 Å². The van der Waals surface area contributed by atoms with Crippen molar-refractivity contribution in [2.75, 3.05) is 0 Å².